The number of hydrogen-bond acceptors (Lipinski definition) is 2. The minimum absolute atomic E-state index is 0.0256. The van der Waals surface area contributed by atoms with Crippen LogP contribution in [0.5, 0.6) is 5.75 Å². The standard InChI is InChI=1S/C24H35OP.C5H11N/c1-22(2,3)17-15-19(23(4,5)6)21(20(16-17)24(7,8)9)25-26-18-13-11-10-12-14-18;1-2-4-6-5-3-1/h10-16,26H,1-9H3;6H,1-5H2. The molecule has 2 aromatic rings. The van der Waals surface area contributed by atoms with Gasteiger partial charge in [0.25, 0.3) is 0 Å². The monoisotopic (exact) mass is 455 g/mol. The van der Waals surface area contributed by atoms with Gasteiger partial charge >= 0.3 is 0 Å². The second kappa shape index (κ2) is 11.2. The highest BCUT2D eigenvalue weighted by molar-refractivity contribution is 7.42. The zero-order valence-corrected chi connectivity index (χ0v) is 23.0. The van der Waals surface area contributed by atoms with Crippen molar-refractivity contribution in [3.8, 4) is 5.75 Å². The molecule has 1 N–H and O–H groups in total. The summed E-state index contributed by atoms with van der Waals surface area (Å²) >= 11 is 0. The third-order valence-corrected chi connectivity index (χ3v) is 6.70. The molecule has 3 rings (SSSR count). The van der Waals surface area contributed by atoms with Crippen LogP contribution < -0.4 is 15.1 Å². The highest BCUT2D eigenvalue weighted by Crippen LogP contribution is 2.44. The molecule has 1 aliphatic heterocycles. The summed E-state index contributed by atoms with van der Waals surface area (Å²) in [4.78, 5) is 0. The quantitative estimate of drug-likeness (QED) is 0.480. The Morgan fingerprint density at radius 3 is 1.53 bits per heavy atom. The Morgan fingerprint density at radius 1 is 0.688 bits per heavy atom. The van der Waals surface area contributed by atoms with Gasteiger partial charge in [-0.05, 0) is 47.7 Å². The van der Waals surface area contributed by atoms with Crippen LogP contribution in [0.2, 0.25) is 0 Å². The van der Waals surface area contributed by atoms with Gasteiger partial charge in [0.05, 0.1) is 0 Å². The summed E-state index contributed by atoms with van der Waals surface area (Å²) < 4.78 is 6.50. The fraction of sp³-hybridized carbons (Fsp3) is 0.586. The molecule has 1 unspecified atom stereocenters. The van der Waals surface area contributed by atoms with Crippen LogP contribution in [0.25, 0.3) is 0 Å². The Balaban J connectivity index is 0.000000520. The van der Waals surface area contributed by atoms with Gasteiger partial charge in [-0.15, -0.1) is 0 Å². The van der Waals surface area contributed by atoms with Crippen molar-refractivity contribution in [3.05, 3.63) is 59.2 Å². The molecule has 178 valence electrons. The van der Waals surface area contributed by atoms with E-state index < -0.39 is 0 Å². The van der Waals surface area contributed by atoms with Crippen LogP contribution in [0.4, 0.5) is 0 Å². The summed E-state index contributed by atoms with van der Waals surface area (Å²) in [7, 11) is 0.316. The molecule has 0 aromatic heterocycles. The highest BCUT2D eigenvalue weighted by Gasteiger charge is 2.30. The van der Waals surface area contributed by atoms with Crippen LogP contribution in [-0.4, -0.2) is 13.1 Å². The summed E-state index contributed by atoms with van der Waals surface area (Å²) in [5, 5.41) is 4.51. The second-order valence-corrected chi connectivity index (χ2v) is 13.0. The number of benzene rings is 2. The molecule has 2 nitrogen and oxygen atoms in total. The average Bonchev–Trinajstić information content (AvgIpc) is 2.72. The van der Waals surface area contributed by atoms with E-state index in [9.17, 15) is 0 Å². The summed E-state index contributed by atoms with van der Waals surface area (Å²) in [6.45, 7) is 23.0. The van der Waals surface area contributed by atoms with Crippen LogP contribution in [0, 0.1) is 0 Å². The SMILES string of the molecule is C1CCNCC1.CC(C)(C)c1cc(C(C)(C)C)c(OPc2ccccc2)c(C(C)(C)C)c1. The molecular weight excluding hydrogens is 409 g/mol. The van der Waals surface area contributed by atoms with Crippen molar-refractivity contribution in [2.75, 3.05) is 13.1 Å². The molecule has 32 heavy (non-hydrogen) atoms. The van der Waals surface area contributed by atoms with E-state index in [0.29, 0.717) is 8.81 Å². The lowest BCUT2D eigenvalue weighted by molar-refractivity contribution is 0.499. The van der Waals surface area contributed by atoms with Gasteiger partial charge in [-0.1, -0.05) is 111 Å². The molecule has 0 spiro atoms. The van der Waals surface area contributed by atoms with Crippen molar-refractivity contribution in [2.45, 2.75) is 97.8 Å². The lowest BCUT2D eigenvalue weighted by Gasteiger charge is -2.33. The molecule has 1 fully saturated rings. The largest absolute Gasteiger partial charge is 0.472 e. The fourth-order valence-electron chi connectivity index (χ4n) is 3.70. The minimum Gasteiger partial charge on any atom is -0.472 e. The van der Waals surface area contributed by atoms with Crippen LogP contribution in [0.3, 0.4) is 0 Å². The van der Waals surface area contributed by atoms with E-state index >= 15 is 0 Å². The zero-order chi connectivity index (χ0) is 24.0. The number of rotatable bonds is 3. The van der Waals surface area contributed by atoms with Crippen molar-refractivity contribution < 1.29 is 4.52 Å². The molecular formula is C29H46NOP. The minimum atomic E-state index is 0.0256. The molecule has 0 radical (unpaired) electrons. The van der Waals surface area contributed by atoms with Crippen molar-refractivity contribution in [1.29, 1.82) is 0 Å². The molecule has 1 saturated heterocycles. The topological polar surface area (TPSA) is 21.3 Å². The maximum atomic E-state index is 6.50. The van der Waals surface area contributed by atoms with Crippen molar-refractivity contribution in [3.63, 3.8) is 0 Å². The molecule has 0 amide bonds. The van der Waals surface area contributed by atoms with Gasteiger partial charge < -0.3 is 9.84 Å². The molecule has 2 aromatic carbocycles. The van der Waals surface area contributed by atoms with Crippen LogP contribution in [0.15, 0.2) is 42.5 Å². The summed E-state index contributed by atoms with van der Waals surface area (Å²) in [6, 6.07) is 15.2. The molecule has 1 heterocycles. The lowest BCUT2D eigenvalue weighted by atomic mass is 9.75. The van der Waals surface area contributed by atoms with E-state index in [0.717, 1.165) is 5.75 Å². The Labute approximate surface area is 199 Å². The first-order valence-electron chi connectivity index (χ1n) is 12.2. The Morgan fingerprint density at radius 2 is 1.19 bits per heavy atom. The van der Waals surface area contributed by atoms with Gasteiger partial charge in [0, 0.05) is 16.4 Å². The van der Waals surface area contributed by atoms with E-state index in [1.165, 1.54) is 54.3 Å². The van der Waals surface area contributed by atoms with Gasteiger partial charge in [-0.25, -0.2) is 0 Å². The number of piperidine rings is 1. The van der Waals surface area contributed by atoms with Crippen molar-refractivity contribution in [1.82, 2.24) is 5.32 Å². The fourth-order valence-corrected chi connectivity index (χ4v) is 4.47. The lowest BCUT2D eigenvalue weighted by Crippen LogP contribution is -2.22. The molecule has 1 aliphatic rings. The average molecular weight is 456 g/mol. The van der Waals surface area contributed by atoms with Gasteiger partial charge in [0.2, 0.25) is 0 Å². The maximum absolute atomic E-state index is 6.50. The Kier molecular flexibility index (Phi) is 9.38. The molecule has 1 atom stereocenters. The van der Waals surface area contributed by atoms with Crippen LogP contribution in [0.1, 0.15) is 98.3 Å². The van der Waals surface area contributed by atoms with E-state index in [-0.39, 0.29) is 16.2 Å². The third kappa shape index (κ3) is 8.20. The maximum Gasteiger partial charge on any atom is 0.130 e. The van der Waals surface area contributed by atoms with Gasteiger partial charge in [-0.3, -0.25) is 0 Å². The zero-order valence-electron chi connectivity index (χ0n) is 22.0. The van der Waals surface area contributed by atoms with Crippen molar-refractivity contribution >= 4 is 14.1 Å². The number of hydrogen-bond donors (Lipinski definition) is 1. The normalized spacial score (nSPS) is 15.4. The van der Waals surface area contributed by atoms with E-state index in [4.69, 9.17) is 4.52 Å². The first-order chi connectivity index (χ1) is 14.8. The predicted octanol–water partition coefficient (Wildman–Crippen LogP) is 7.64. The Hall–Kier alpha value is -1.37. The predicted molar refractivity (Wildman–Crippen MR) is 144 cm³/mol. The summed E-state index contributed by atoms with van der Waals surface area (Å²) in [5.41, 5.74) is 4.15. The first-order valence-corrected chi connectivity index (χ1v) is 13.1. The van der Waals surface area contributed by atoms with E-state index in [1.54, 1.807) is 0 Å². The smallest absolute Gasteiger partial charge is 0.130 e. The van der Waals surface area contributed by atoms with E-state index in [2.05, 4.69) is 104 Å². The third-order valence-electron chi connectivity index (χ3n) is 5.82. The van der Waals surface area contributed by atoms with Gasteiger partial charge in [0.15, 0.2) is 0 Å². The Bertz CT molecular complexity index is 788. The van der Waals surface area contributed by atoms with Crippen LogP contribution >= 0.6 is 8.81 Å². The second-order valence-electron chi connectivity index (χ2n) is 12.0. The molecule has 0 bridgehead atoms. The van der Waals surface area contributed by atoms with Crippen LogP contribution in [-0.2, 0) is 16.2 Å². The van der Waals surface area contributed by atoms with Gasteiger partial charge in [0.1, 0.15) is 14.6 Å². The summed E-state index contributed by atoms with van der Waals surface area (Å²) in [5.74, 6) is 1.07. The first kappa shape index (κ1) is 26.9. The molecule has 3 heteroatoms. The van der Waals surface area contributed by atoms with Gasteiger partial charge in [-0.2, -0.15) is 0 Å². The molecule has 0 saturated carbocycles. The summed E-state index contributed by atoms with van der Waals surface area (Å²) in [6.07, 6.45) is 4.22. The number of nitrogens with one attached hydrogen (secondary N) is 1. The highest BCUT2D eigenvalue weighted by atomic mass is 31.1. The van der Waals surface area contributed by atoms with E-state index in [1.807, 2.05) is 6.07 Å². The van der Waals surface area contributed by atoms with Crippen molar-refractivity contribution in [2.24, 2.45) is 0 Å². The molecule has 0 aliphatic carbocycles.